The normalized spacial score (nSPS) is 9.45. The summed E-state index contributed by atoms with van der Waals surface area (Å²) >= 11 is 0. The molecule has 0 saturated carbocycles. The van der Waals surface area contributed by atoms with Crippen molar-refractivity contribution in [3.63, 3.8) is 0 Å². The molecule has 2 heteroatoms. The lowest BCUT2D eigenvalue weighted by atomic mass is 10.1. The van der Waals surface area contributed by atoms with Crippen LogP contribution in [0.1, 0.15) is 18.4 Å². The zero-order valence-electron chi connectivity index (χ0n) is 6.36. The quantitative estimate of drug-likeness (QED) is 0.480. The van der Waals surface area contributed by atoms with Gasteiger partial charge in [0.2, 0.25) is 0 Å². The maximum absolute atomic E-state index is 9.98. The van der Waals surface area contributed by atoms with E-state index in [4.69, 9.17) is 0 Å². The Labute approximate surface area is 66.3 Å². The lowest BCUT2D eigenvalue weighted by Gasteiger charge is -1.95. The van der Waals surface area contributed by atoms with Gasteiger partial charge in [-0.05, 0) is 24.5 Å². The van der Waals surface area contributed by atoms with E-state index in [0.29, 0.717) is 6.42 Å². The number of hydrogen-bond acceptors (Lipinski definition) is 2. The summed E-state index contributed by atoms with van der Waals surface area (Å²) in [6.45, 7) is 0. The number of unbranched alkanes of at least 4 members (excludes halogenated alkanes) is 1. The molecule has 2 nitrogen and oxygen atoms in total. The smallest absolute Gasteiger partial charge is 0.120 e. The molecular formula is C9H11NO. The lowest BCUT2D eigenvalue weighted by molar-refractivity contribution is -0.107. The van der Waals surface area contributed by atoms with Crippen molar-refractivity contribution < 1.29 is 4.79 Å². The predicted octanol–water partition coefficient (Wildman–Crippen LogP) is 1.60. The molecule has 0 unspecified atom stereocenters. The van der Waals surface area contributed by atoms with Gasteiger partial charge in [0.1, 0.15) is 6.29 Å². The van der Waals surface area contributed by atoms with Gasteiger partial charge in [0.15, 0.2) is 0 Å². The molecule has 0 N–H and O–H groups in total. The van der Waals surface area contributed by atoms with Crippen LogP contribution in [0.15, 0.2) is 24.5 Å². The highest BCUT2D eigenvalue weighted by Crippen LogP contribution is 2.00. The molecule has 0 fully saturated rings. The lowest BCUT2D eigenvalue weighted by Crippen LogP contribution is -1.86. The number of carbonyl (C=O) groups excluding carboxylic acids is 1. The SMILES string of the molecule is O=CCCCc1cccnc1. The van der Waals surface area contributed by atoms with Crippen molar-refractivity contribution >= 4 is 6.29 Å². The van der Waals surface area contributed by atoms with Gasteiger partial charge in [0.05, 0.1) is 0 Å². The van der Waals surface area contributed by atoms with Gasteiger partial charge in [-0.3, -0.25) is 4.98 Å². The molecule has 1 heterocycles. The summed E-state index contributed by atoms with van der Waals surface area (Å²) < 4.78 is 0. The molecule has 0 amide bonds. The van der Waals surface area contributed by atoms with E-state index in [1.165, 1.54) is 5.56 Å². The first kappa shape index (κ1) is 7.92. The Kier molecular flexibility index (Phi) is 3.32. The van der Waals surface area contributed by atoms with E-state index in [0.717, 1.165) is 19.1 Å². The Morgan fingerprint density at radius 2 is 2.45 bits per heavy atom. The summed E-state index contributed by atoms with van der Waals surface area (Å²) in [6, 6.07) is 3.94. The van der Waals surface area contributed by atoms with E-state index in [2.05, 4.69) is 4.98 Å². The minimum atomic E-state index is 0.648. The van der Waals surface area contributed by atoms with Gasteiger partial charge >= 0.3 is 0 Å². The second-order valence-electron chi connectivity index (χ2n) is 2.42. The van der Waals surface area contributed by atoms with E-state index in [1.807, 2.05) is 18.3 Å². The number of aryl methyl sites for hydroxylation is 1. The maximum Gasteiger partial charge on any atom is 0.120 e. The number of nitrogens with zero attached hydrogens (tertiary/aromatic N) is 1. The number of pyridine rings is 1. The molecule has 0 bridgehead atoms. The average molecular weight is 149 g/mol. The molecule has 0 radical (unpaired) electrons. The van der Waals surface area contributed by atoms with Crippen molar-refractivity contribution in [2.45, 2.75) is 19.3 Å². The third-order valence-electron chi connectivity index (χ3n) is 1.51. The van der Waals surface area contributed by atoms with Crippen LogP contribution in [-0.4, -0.2) is 11.3 Å². The summed E-state index contributed by atoms with van der Waals surface area (Å²) in [5.74, 6) is 0. The molecule has 1 aromatic heterocycles. The highest BCUT2D eigenvalue weighted by atomic mass is 16.1. The van der Waals surface area contributed by atoms with Crippen LogP contribution in [-0.2, 0) is 11.2 Å². The van der Waals surface area contributed by atoms with Gasteiger partial charge in [0.25, 0.3) is 0 Å². The monoisotopic (exact) mass is 149 g/mol. The fraction of sp³-hybridized carbons (Fsp3) is 0.333. The van der Waals surface area contributed by atoms with E-state index < -0.39 is 0 Å². The van der Waals surface area contributed by atoms with Crippen LogP contribution in [0, 0.1) is 0 Å². The Hall–Kier alpha value is -1.18. The van der Waals surface area contributed by atoms with Crippen molar-refractivity contribution in [2.75, 3.05) is 0 Å². The highest BCUT2D eigenvalue weighted by molar-refractivity contribution is 5.49. The molecule has 1 aromatic rings. The van der Waals surface area contributed by atoms with Crippen LogP contribution in [0.25, 0.3) is 0 Å². The third kappa shape index (κ3) is 2.94. The van der Waals surface area contributed by atoms with Gasteiger partial charge in [0, 0.05) is 18.8 Å². The largest absolute Gasteiger partial charge is 0.303 e. The molecule has 0 aliphatic heterocycles. The Balaban J connectivity index is 2.33. The average Bonchev–Trinajstić information content (AvgIpc) is 2.07. The van der Waals surface area contributed by atoms with Crippen LogP contribution < -0.4 is 0 Å². The van der Waals surface area contributed by atoms with Crippen molar-refractivity contribution in [3.8, 4) is 0 Å². The first-order valence-electron chi connectivity index (χ1n) is 3.76. The van der Waals surface area contributed by atoms with Crippen molar-refractivity contribution in [2.24, 2.45) is 0 Å². The molecule has 0 atom stereocenters. The molecule has 0 aliphatic carbocycles. The first-order chi connectivity index (χ1) is 5.43. The maximum atomic E-state index is 9.98. The second kappa shape index (κ2) is 4.61. The number of aromatic nitrogens is 1. The molecule has 0 spiro atoms. The van der Waals surface area contributed by atoms with E-state index in [-0.39, 0.29) is 0 Å². The summed E-state index contributed by atoms with van der Waals surface area (Å²) in [5, 5.41) is 0. The van der Waals surface area contributed by atoms with Crippen molar-refractivity contribution in [1.29, 1.82) is 0 Å². The molecule has 1 rings (SSSR count). The Morgan fingerprint density at radius 1 is 1.55 bits per heavy atom. The number of carbonyl (C=O) groups is 1. The molecule has 0 aliphatic rings. The first-order valence-corrected chi connectivity index (χ1v) is 3.76. The van der Waals surface area contributed by atoms with Crippen molar-refractivity contribution in [1.82, 2.24) is 4.98 Å². The molecule has 0 saturated heterocycles. The van der Waals surface area contributed by atoms with Gasteiger partial charge in [-0.25, -0.2) is 0 Å². The molecule has 58 valence electrons. The summed E-state index contributed by atoms with van der Waals surface area (Å²) in [6.07, 6.45) is 7.07. The number of aldehydes is 1. The van der Waals surface area contributed by atoms with E-state index >= 15 is 0 Å². The summed E-state index contributed by atoms with van der Waals surface area (Å²) in [4.78, 5) is 14.0. The van der Waals surface area contributed by atoms with E-state index in [1.54, 1.807) is 6.20 Å². The highest BCUT2D eigenvalue weighted by Gasteiger charge is 1.90. The minimum absolute atomic E-state index is 0.648. The zero-order valence-corrected chi connectivity index (χ0v) is 6.36. The number of hydrogen-bond donors (Lipinski definition) is 0. The van der Waals surface area contributed by atoms with Crippen LogP contribution >= 0.6 is 0 Å². The van der Waals surface area contributed by atoms with E-state index in [9.17, 15) is 4.79 Å². The van der Waals surface area contributed by atoms with Crippen LogP contribution in [0.2, 0.25) is 0 Å². The molecular weight excluding hydrogens is 138 g/mol. The third-order valence-corrected chi connectivity index (χ3v) is 1.51. The second-order valence-corrected chi connectivity index (χ2v) is 2.42. The molecule has 0 aromatic carbocycles. The number of rotatable bonds is 4. The molecule has 11 heavy (non-hydrogen) atoms. The standard InChI is InChI=1S/C9H11NO/c11-7-2-1-4-9-5-3-6-10-8-9/h3,5-8H,1-2,4H2. The van der Waals surface area contributed by atoms with Gasteiger partial charge in [-0.1, -0.05) is 6.07 Å². The van der Waals surface area contributed by atoms with Crippen LogP contribution in [0.4, 0.5) is 0 Å². The van der Waals surface area contributed by atoms with Crippen LogP contribution in [0.3, 0.4) is 0 Å². The van der Waals surface area contributed by atoms with Crippen LogP contribution in [0.5, 0.6) is 0 Å². The van der Waals surface area contributed by atoms with Gasteiger partial charge in [-0.15, -0.1) is 0 Å². The van der Waals surface area contributed by atoms with Gasteiger partial charge in [-0.2, -0.15) is 0 Å². The van der Waals surface area contributed by atoms with Crippen molar-refractivity contribution in [3.05, 3.63) is 30.1 Å². The Bertz CT molecular complexity index is 208. The van der Waals surface area contributed by atoms with Gasteiger partial charge < -0.3 is 4.79 Å². The minimum Gasteiger partial charge on any atom is -0.303 e. The predicted molar refractivity (Wildman–Crippen MR) is 43.2 cm³/mol. The fourth-order valence-electron chi connectivity index (χ4n) is 0.936. The zero-order chi connectivity index (χ0) is 7.94. The fourth-order valence-corrected chi connectivity index (χ4v) is 0.936. The Morgan fingerprint density at radius 3 is 3.09 bits per heavy atom. The summed E-state index contributed by atoms with van der Waals surface area (Å²) in [5.41, 5.74) is 1.20. The topological polar surface area (TPSA) is 30.0 Å². The summed E-state index contributed by atoms with van der Waals surface area (Å²) in [7, 11) is 0.